The first-order valence-electron chi connectivity index (χ1n) is 13.5. The third-order valence-electron chi connectivity index (χ3n) is 8.49. The highest BCUT2D eigenvalue weighted by Gasteiger charge is 2.35. The lowest BCUT2D eigenvalue weighted by molar-refractivity contribution is 1.02. The van der Waals surface area contributed by atoms with Gasteiger partial charge in [-0.2, -0.15) is 0 Å². The lowest BCUT2D eigenvalue weighted by Crippen LogP contribution is -2.03. The van der Waals surface area contributed by atoms with E-state index >= 15 is 0 Å². The minimum absolute atomic E-state index is 0.147. The summed E-state index contributed by atoms with van der Waals surface area (Å²) < 4.78 is 5.20. The van der Waals surface area contributed by atoms with Crippen LogP contribution < -0.4 is 0 Å². The number of thiophene rings is 1. The van der Waals surface area contributed by atoms with Gasteiger partial charge in [0, 0.05) is 42.6 Å². The lowest BCUT2D eigenvalue weighted by atomic mass is 9.85. The molecule has 39 heavy (non-hydrogen) atoms. The summed E-state index contributed by atoms with van der Waals surface area (Å²) in [6.07, 6.45) is 0. The van der Waals surface area contributed by atoms with Crippen LogP contribution in [0.1, 0.15) is 22.6 Å². The second-order valence-electron chi connectivity index (χ2n) is 10.4. The van der Waals surface area contributed by atoms with Crippen LogP contribution >= 0.6 is 11.3 Å². The third-order valence-corrected chi connectivity index (χ3v) is 9.62. The molecular weight excluding hydrogens is 490 g/mol. The average molecular weight is 514 g/mol. The van der Waals surface area contributed by atoms with Crippen molar-refractivity contribution in [2.45, 2.75) is 5.92 Å². The van der Waals surface area contributed by atoms with Crippen LogP contribution in [0.2, 0.25) is 0 Å². The van der Waals surface area contributed by atoms with Gasteiger partial charge in [-0.05, 0) is 58.1 Å². The summed E-state index contributed by atoms with van der Waals surface area (Å²) in [6, 6.07) is 49.2. The van der Waals surface area contributed by atoms with Crippen molar-refractivity contribution in [1.29, 1.82) is 0 Å². The molecule has 0 N–H and O–H groups in total. The van der Waals surface area contributed by atoms with E-state index in [0.717, 1.165) is 0 Å². The van der Waals surface area contributed by atoms with Crippen molar-refractivity contribution in [3.63, 3.8) is 0 Å². The molecule has 2 heteroatoms. The van der Waals surface area contributed by atoms with Gasteiger partial charge in [0.25, 0.3) is 0 Å². The molecule has 0 saturated heterocycles. The van der Waals surface area contributed by atoms with Gasteiger partial charge in [0.15, 0.2) is 0 Å². The van der Waals surface area contributed by atoms with E-state index in [4.69, 9.17) is 0 Å². The van der Waals surface area contributed by atoms with E-state index in [0.29, 0.717) is 0 Å². The second-order valence-corrected chi connectivity index (χ2v) is 11.5. The SMILES string of the molecule is c1ccc(-n2c3ccccc3c3ccc4c(c32)C(c2cccc3sc5ccccc5c23)c2ccccc2-4)cc1. The topological polar surface area (TPSA) is 4.93 Å². The van der Waals surface area contributed by atoms with Crippen LogP contribution in [-0.4, -0.2) is 4.57 Å². The van der Waals surface area contributed by atoms with E-state index in [-0.39, 0.29) is 5.92 Å². The minimum atomic E-state index is 0.147. The number of benzene rings is 6. The van der Waals surface area contributed by atoms with Crippen LogP contribution in [0.5, 0.6) is 0 Å². The number of fused-ring (bicyclic) bond motifs is 10. The summed E-state index contributed by atoms with van der Waals surface area (Å²) in [6.45, 7) is 0. The summed E-state index contributed by atoms with van der Waals surface area (Å²) in [5.74, 6) is 0.147. The van der Waals surface area contributed by atoms with Crippen molar-refractivity contribution in [1.82, 2.24) is 4.57 Å². The predicted octanol–water partition coefficient (Wildman–Crippen LogP) is 10.3. The van der Waals surface area contributed by atoms with Crippen LogP contribution in [0.4, 0.5) is 0 Å². The van der Waals surface area contributed by atoms with E-state index in [2.05, 4.69) is 138 Å². The molecule has 0 bridgehead atoms. The van der Waals surface area contributed by atoms with Crippen molar-refractivity contribution in [3.8, 4) is 16.8 Å². The predicted molar refractivity (Wildman–Crippen MR) is 166 cm³/mol. The number of aromatic nitrogens is 1. The highest BCUT2D eigenvalue weighted by molar-refractivity contribution is 7.25. The Morgan fingerprint density at radius 3 is 2.13 bits per heavy atom. The molecule has 9 rings (SSSR count). The first-order valence-corrected chi connectivity index (χ1v) is 14.3. The van der Waals surface area contributed by atoms with Gasteiger partial charge in [0.1, 0.15) is 0 Å². The summed E-state index contributed by atoms with van der Waals surface area (Å²) in [4.78, 5) is 0. The first kappa shape index (κ1) is 21.3. The molecule has 2 aromatic heterocycles. The number of para-hydroxylation sites is 2. The van der Waals surface area contributed by atoms with E-state index in [1.54, 1.807) is 0 Å². The molecule has 8 aromatic rings. The van der Waals surface area contributed by atoms with Crippen LogP contribution in [0.25, 0.3) is 58.8 Å². The van der Waals surface area contributed by atoms with Gasteiger partial charge < -0.3 is 4.57 Å². The maximum absolute atomic E-state index is 2.49. The van der Waals surface area contributed by atoms with Crippen LogP contribution in [0.15, 0.2) is 133 Å². The summed E-state index contributed by atoms with van der Waals surface area (Å²) >= 11 is 1.90. The maximum atomic E-state index is 2.49. The number of hydrogen-bond acceptors (Lipinski definition) is 1. The zero-order valence-corrected chi connectivity index (χ0v) is 22.0. The number of hydrogen-bond donors (Lipinski definition) is 0. The average Bonchev–Trinajstić information content (AvgIpc) is 3.65. The van der Waals surface area contributed by atoms with Crippen molar-refractivity contribution in [2.24, 2.45) is 0 Å². The van der Waals surface area contributed by atoms with Gasteiger partial charge in [-0.15, -0.1) is 11.3 Å². The van der Waals surface area contributed by atoms with Gasteiger partial charge >= 0.3 is 0 Å². The monoisotopic (exact) mass is 513 g/mol. The number of rotatable bonds is 2. The van der Waals surface area contributed by atoms with E-state index < -0.39 is 0 Å². The van der Waals surface area contributed by atoms with Crippen LogP contribution in [0, 0.1) is 0 Å². The van der Waals surface area contributed by atoms with Crippen molar-refractivity contribution in [3.05, 3.63) is 150 Å². The molecule has 1 nitrogen and oxygen atoms in total. The molecule has 0 radical (unpaired) electrons. The normalized spacial score (nSPS) is 14.4. The molecule has 1 atom stereocenters. The fourth-order valence-corrected chi connectivity index (χ4v) is 8.11. The number of nitrogens with zero attached hydrogens (tertiary/aromatic N) is 1. The standard InChI is InChI=1S/C37H23NS/c1-2-11-23(12-3-1)38-31-18-8-6-14-25(31)28-22-21-27-24-13-4-5-15-26(24)35(36(27)37(28)38)30-17-10-20-33-34(30)29-16-7-9-19-32(29)39-33/h1-22,35H. The zero-order valence-electron chi connectivity index (χ0n) is 21.1. The Morgan fingerprint density at radius 2 is 1.21 bits per heavy atom. The highest BCUT2D eigenvalue weighted by Crippen LogP contribution is 2.54. The fourth-order valence-electron chi connectivity index (χ4n) is 6.97. The van der Waals surface area contributed by atoms with Crippen molar-refractivity contribution in [2.75, 3.05) is 0 Å². The summed E-state index contributed by atoms with van der Waals surface area (Å²) in [5, 5.41) is 5.36. The molecule has 1 aliphatic carbocycles. The Balaban J connectivity index is 1.48. The molecule has 1 unspecified atom stereocenters. The Kier molecular flexibility index (Phi) is 4.33. The Morgan fingerprint density at radius 1 is 0.487 bits per heavy atom. The van der Waals surface area contributed by atoms with Crippen molar-refractivity contribution >= 4 is 53.3 Å². The Bertz CT molecular complexity index is 2230. The van der Waals surface area contributed by atoms with Crippen molar-refractivity contribution < 1.29 is 0 Å². The second kappa shape index (κ2) is 7.92. The molecule has 0 spiro atoms. The van der Waals surface area contributed by atoms with E-state index in [1.807, 2.05) is 11.3 Å². The van der Waals surface area contributed by atoms with Gasteiger partial charge in [-0.1, -0.05) is 103 Å². The Labute approximate surface area is 230 Å². The quantitative estimate of drug-likeness (QED) is 0.217. The third kappa shape index (κ3) is 2.84. The van der Waals surface area contributed by atoms with Crippen LogP contribution in [-0.2, 0) is 0 Å². The smallest absolute Gasteiger partial charge is 0.0588 e. The summed E-state index contributed by atoms with van der Waals surface area (Å²) in [7, 11) is 0. The zero-order chi connectivity index (χ0) is 25.5. The molecule has 0 amide bonds. The molecule has 6 aromatic carbocycles. The molecule has 0 fully saturated rings. The van der Waals surface area contributed by atoms with Crippen LogP contribution in [0.3, 0.4) is 0 Å². The Hall–Kier alpha value is -4.66. The minimum Gasteiger partial charge on any atom is -0.309 e. The van der Waals surface area contributed by atoms with Gasteiger partial charge in [-0.25, -0.2) is 0 Å². The molecule has 1 aliphatic rings. The molecule has 2 heterocycles. The lowest BCUT2D eigenvalue weighted by Gasteiger charge is -2.19. The van der Waals surface area contributed by atoms with E-state index in [9.17, 15) is 0 Å². The van der Waals surface area contributed by atoms with Gasteiger partial charge in [-0.3, -0.25) is 0 Å². The van der Waals surface area contributed by atoms with E-state index in [1.165, 1.54) is 75.5 Å². The largest absolute Gasteiger partial charge is 0.309 e. The highest BCUT2D eigenvalue weighted by atomic mass is 32.1. The van der Waals surface area contributed by atoms with Gasteiger partial charge in [0.05, 0.1) is 11.0 Å². The van der Waals surface area contributed by atoms with Gasteiger partial charge in [0.2, 0.25) is 0 Å². The first-order chi connectivity index (χ1) is 19.4. The maximum Gasteiger partial charge on any atom is 0.0588 e. The fraction of sp³-hybridized carbons (Fsp3) is 0.0270. The molecule has 0 saturated carbocycles. The summed E-state index contributed by atoms with van der Waals surface area (Å²) in [5.41, 5.74) is 10.7. The molecule has 182 valence electrons. The molecular formula is C37H23NS. The molecule has 0 aliphatic heterocycles.